The molecule has 2 nitrogen and oxygen atoms in total. The van der Waals surface area contributed by atoms with Crippen molar-refractivity contribution in [3.8, 4) is 6.07 Å². The minimum absolute atomic E-state index is 0.135. The van der Waals surface area contributed by atoms with E-state index in [0.717, 1.165) is 0 Å². The summed E-state index contributed by atoms with van der Waals surface area (Å²) < 4.78 is 13.8. The average Bonchev–Trinajstić information content (AvgIpc) is 2.28. The van der Waals surface area contributed by atoms with Gasteiger partial charge in [-0.3, -0.25) is 0 Å². The van der Waals surface area contributed by atoms with Gasteiger partial charge >= 0.3 is 0 Å². The van der Waals surface area contributed by atoms with Crippen molar-refractivity contribution in [3.63, 3.8) is 0 Å². The van der Waals surface area contributed by atoms with E-state index in [0.29, 0.717) is 10.6 Å². The molecule has 0 aliphatic rings. The van der Waals surface area contributed by atoms with Crippen molar-refractivity contribution in [1.29, 1.82) is 5.26 Å². The van der Waals surface area contributed by atoms with Gasteiger partial charge in [-0.2, -0.15) is 5.26 Å². The summed E-state index contributed by atoms with van der Waals surface area (Å²) in [7, 11) is 1.72. The minimum atomic E-state index is -0.348. The van der Waals surface area contributed by atoms with Crippen molar-refractivity contribution in [1.82, 2.24) is 5.32 Å². The van der Waals surface area contributed by atoms with Gasteiger partial charge in [0, 0.05) is 10.6 Å². The molecule has 92 valence electrons. The second-order valence-corrected chi connectivity index (χ2v) is 4.77. The van der Waals surface area contributed by atoms with Gasteiger partial charge in [0.15, 0.2) is 0 Å². The highest BCUT2D eigenvalue weighted by Crippen LogP contribution is 2.30. The predicted octanol–water partition coefficient (Wildman–Crippen LogP) is 3.54. The Morgan fingerprint density at radius 1 is 1.41 bits per heavy atom. The number of halogens is 2. The molecule has 4 heteroatoms. The van der Waals surface area contributed by atoms with Crippen LogP contribution in [0, 0.1) is 29.0 Å². The number of nitriles is 1. The van der Waals surface area contributed by atoms with Crippen LogP contribution in [-0.2, 0) is 0 Å². The van der Waals surface area contributed by atoms with Crippen molar-refractivity contribution >= 4 is 11.6 Å². The Bertz CT molecular complexity index is 426. The van der Waals surface area contributed by atoms with Crippen LogP contribution < -0.4 is 5.32 Å². The molecule has 0 saturated heterocycles. The molecule has 1 N–H and O–H groups in total. The van der Waals surface area contributed by atoms with Gasteiger partial charge in [0.2, 0.25) is 0 Å². The van der Waals surface area contributed by atoms with Crippen LogP contribution in [0.4, 0.5) is 4.39 Å². The van der Waals surface area contributed by atoms with Crippen molar-refractivity contribution in [2.45, 2.75) is 19.9 Å². The molecule has 0 amide bonds. The van der Waals surface area contributed by atoms with Crippen LogP contribution in [0.5, 0.6) is 0 Å². The smallest absolute Gasteiger partial charge is 0.128 e. The van der Waals surface area contributed by atoms with Crippen molar-refractivity contribution in [3.05, 3.63) is 34.6 Å². The summed E-state index contributed by atoms with van der Waals surface area (Å²) in [6.45, 7) is 3.89. The third-order valence-corrected chi connectivity index (χ3v) is 3.07. The monoisotopic (exact) mass is 254 g/mol. The van der Waals surface area contributed by atoms with Gasteiger partial charge in [0.05, 0.1) is 18.0 Å². The summed E-state index contributed by atoms with van der Waals surface area (Å²) in [5.74, 6) is -0.501. The number of hydrogen-bond acceptors (Lipinski definition) is 2. The molecule has 0 saturated carbocycles. The molecule has 0 fully saturated rings. The molecule has 1 rings (SSSR count). The third-order valence-electron chi connectivity index (χ3n) is 2.83. The van der Waals surface area contributed by atoms with E-state index < -0.39 is 0 Å². The molecule has 1 aromatic carbocycles. The lowest BCUT2D eigenvalue weighted by Crippen LogP contribution is -2.28. The highest BCUT2D eigenvalue weighted by atomic mass is 35.5. The lowest BCUT2D eigenvalue weighted by molar-refractivity contribution is 0.354. The molecular formula is C13H16ClFN2. The van der Waals surface area contributed by atoms with E-state index in [9.17, 15) is 9.65 Å². The van der Waals surface area contributed by atoms with E-state index in [1.54, 1.807) is 13.1 Å². The first kappa shape index (κ1) is 14.0. The van der Waals surface area contributed by atoms with E-state index in [-0.39, 0.29) is 23.7 Å². The number of hydrogen-bond donors (Lipinski definition) is 1. The summed E-state index contributed by atoms with van der Waals surface area (Å²) in [5, 5.41) is 12.6. The maximum atomic E-state index is 13.8. The first-order chi connectivity index (χ1) is 8.01. The Kier molecular flexibility index (Phi) is 4.92. The summed E-state index contributed by atoms with van der Waals surface area (Å²) >= 11 is 5.87. The second kappa shape index (κ2) is 6.00. The molecular weight excluding hydrogens is 239 g/mol. The number of nitrogens with zero attached hydrogens (tertiary/aromatic N) is 1. The molecule has 2 unspecified atom stereocenters. The van der Waals surface area contributed by atoms with E-state index >= 15 is 0 Å². The molecule has 0 aliphatic heterocycles. The number of benzene rings is 1. The molecule has 1 aromatic rings. The van der Waals surface area contributed by atoms with Crippen LogP contribution in [0.3, 0.4) is 0 Å². The van der Waals surface area contributed by atoms with Gasteiger partial charge in [0.1, 0.15) is 5.82 Å². The Morgan fingerprint density at radius 3 is 2.53 bits per heavy atom. The molecule has 17 heavy (non-hydrogen) atoms. The highest BCUT2D eigenvalue weighted by Gasteiger charge is 2.26. The van der Waals surface area contributed by atoms with Gasteiger partial charge < -0.3 is 5.32 Å². The summed E-state index contributed by atoms with van der Waals surface area (Å²) in [6.07, 6.45) is 0. The van der Waals surface area contributed by atoms with Gasteiger partial charge in [-0.15, -0.1) is 0 Å². The van der Waals surface area contributed by atoms with Gasteiger partial charge in [0.25, 0.3) is 0 Å². The van der Waals surface area contributed by atoms with Crippen LogP contribution in [0.25, 0.3) is 0 Å². The maximum absolute atomic E-state index is 13.8. The Balaban J connectivity index is 3.17. The standard InChI is InChI=1S/C13H16ClFN2/c1-8(2)11(7-16)13(17-3)10-6-9(14)4-5-12(10)15/h4-6,8,11,13,17H,1-3H3. The predicted molar refractivity (Wildman–Crippen MR) is 67.2 cm³/mol. The fourth-order valence-electron chi connectivity index (χ4n) is 1.89. The van der Waals surface area contributed by atoms with E-state index in [4.69, 9.17) is 11.6 Å². The molecule has 0 bridgehead atoms. The highest BCUT2D eigenvalue weighted by molar-refractivity contribution is 6.30. The van der Waals surface area contributed by atoms with E-state index in [2.05, 4.69) is 11.4 Å². The van der Waals surface area contributed by atoms with Gasteiger partial charge in [-0.25, -0.2) is 4.39 Å². The maximum Gasteiger partial charge on any atom is 0.128 e. The van der Waals surface area contributed by atoms with Crippen LogP contribution in [-0.4, -0.2) is 7.05 Å². The zero-order valence-corrected chi connectivity index (χ0v) is 10.9. The quantitative estimate of drug-likeness (QED) is 0.892. The summed E-state index contributed by atoms with van der Waals surface area (Å²) in [6, 6.07) is 6.29. The van der Waals surface area contributed by atoms with Gasteiger partial charge in [-0.05, 0) is 31.2 Å². The number of rotatable bonds is 4. The molecule has 0 heterocycles. The first-order valence-electron chi connectivity index (χ1n) is 5.53. The average molecular weight is 255 g/mol. The van der Waals surface area contributed by atoms with Crippen LogP contribution in [0.15, 0.2) is 18.2 Å². The Morgan fingerprint density at radius 2 is 2.06 bits per heavy atom. The molecule has 0 aromatic heterocycles. The topological polar surface area (TPSA) is 35.8 Å². The normalized spacial score (nSPS) is 14.4. The molecule has 0 radical (unpaired) electrons. The van der Waals surface area contributed by atoms with Crippen LogP contribution in [0.1, 0.15) is 25.5 Å². The fourth-order valence-corrected chi connectivity index (χ4v) is 2.07. The SMILES string of the molecule is CNC(c1cc(Cl)ccc1F)C(C#N)C(C)C. The molecule has 0 spiro atoms. The van der Waals surface area contributed by atoms with E-state index in [1.807, 2.05) is 13.8 Å². The Hall–Kier alpha value is -1.11. The number of nitrogens with one attached hydrogen (secondary N) is 1. The van der Waals surface area contributed by atoms with Crippen LogP contribution >= 0.6 is 11.6 Å². The van der Waals surface area contributed by atoms with Crippen molar-refractivity contribution < 1.29 is 4.39 Å². The second-order valence-electron chi connectivity index (χ2n) is 4.33. The minimum Gasteiger partial charge on any atom is -0.312 e. The summed E-state index contributed by atoms with van der Waals surface area (Å²) in [4.78, 5) is 0. The third kappa shape index (κ3) is 3.18. The molecule has 2 atom stereocenters. The zero-order valence-electron chi connectivity index (χ0n) is 10.2. The lowest BCUT2D eigenvalue weighted by atomic mass is 9.85. The fraction of sp³-hybridized carbons (Fsp3) is 0.462. The largest absolute Gasteiger partial charge is 0.312 e. The zero-order chi connectivity index (χ0) is 13.0. The van der Waals surface area contributed by atoms with Crippen molar-refractivity contribution in [2.24, 2.45) is 11.8 Å². The van der Waals surface area contributed by atoms with Crippen LogP contribution in [0.2, 0.25) is 5.02 Å². The van der Waals surface area contributed by atoms with Crippen molar-refractivity contribution in [2.75, 3.05) is 7.05 Å². The molecule has 0 aliphatic carbocycles. The Labute approximate surface area is 106 Å². The van der Waals surface area contributed by atoms with E-state index in [1.165, 1.54) is 12.1 Å². The first-order valence-corrected chi connectivity index (χ1v) is 5.90. The lowest BCUT2D eigenvalue weighted by Gasteiger charge is -2.25. The van der Waals surface area contributed by atoms with Gasteiger partial charge in [-0.1, -0.05) is 25.4 Å². The summed E-state index contributed by atoms with van der Waals surface area (Å²) in [5.41, 5.74) is 0.445.